The van der Waals surface area contributed by atoms with Crippen molar-refractivity contribution >= 4 is 11.0 Å². The average Bonchev–Trinajstić information content (AvgIpc) is 2.67. The molecule has 0 amide bonds. The van der Waals surface area contributed by atoms with Gasteiger partial charge in [0.2, 0.25) is 0 Å². The quantitative estimate of drug-likeness (QED) is 0.627. The Morgan fingerprint density at radius 3 is 2.36 bits per heavy atom. The van der Waals surface area contributed by atoms with Gasteiger partial charge in [0.15, 0.2) is 0 Å². The maximum absolute atomic E-state index is 5.21. The van der Waals surface area contributed by atoms with Gasteiger partial charge in [0.25, 0.3) is 0 Å². The molecule has 2 aromatic heterocycles. The van der Waals surface area contributed by atoms with Crippen LogP contribution in [0.15, 0.2) is 29.1 Å². The van der Waals surface area contributed by atoms with Gasteiger partial charge in [-0.2, -0.15) is 0 Å². The fraction of sp³-hybridized carbons (Fsp3) is 0.417. The second kappa shape index (κ2) is 7.13. The molecule has 0 fully saturated rings. The molecule has 0 N–H and O–H groups in total. The third kappa shape index (κ3) is 2.87. The normalized spacial score (nSPS) is 8.36. The first-order chi connectivity index (χ1) is 6.88. The van der Waals surface area contributed by atoms with Gasteiger partial charge in [-0.25, -0.2) is 0 Å². The van der Waals surface area contributed by atoms with E-state index >= 15 is 0 Å². The van der Waals surface area contributed by atoms with Crippen LogP contribution in [0.3, 0.4) is 0 Å². The molecule has 0 atom stereocenters. The van der Waals surface area contributed by atoms with Crippen molar-refractivity contribution in [2.75, 3.05) is 0 Å². The summed E-state index contributed by atoms with van der Waals surface area (Å²) in [6, 6.07) is 1.86. The second-order valence-corrected chi connectivity index (χ2v) is 2.29. The molecule has 0 unspecified atom stereocenters. The van der Waals surface area contributed by atoms with E-state index in [1.54, 1.807) is 12.5 Å². The molecular weight excluding hydrogens is 174 g/mol. The van der Waals surface area contributed by atoms with Gasteiger partial charge in [-0.15, -0.1) is 0 Å². The van der Waals surface area contributed by atoms with Crippen molar-refractivity contribution < 1.29 is 4.42 Å². The number of rotatable bonds is 0. The summed E-state index contributed by atoms with van der Waals surface area (Å²) >= 11 is 0. The Bertz CT molecular complexity index is 352. The van der Waals surface area contributed by atoms with Gasteiger partial charge in [0.05, 0.1) is 6.26 Å². The van der Waals surface area contributed by atoms with Gasteiger partial charge in [-0.3, -0.25) is 4.98 Å². The Labute approximate surface area is 86.0 Å². The summed E-state index contributed by atoms with van der Waals surface area (Å²) in [7, 11) is 0. The summed E-state index contributed by atoms with van der Waals surface area (Å²) in [5, 5.41) is 1.10. The summed E-state index contributed by atoms with van der Waals surface area (Å²) in [6.07, 6.45) is 5.28. The van der Waals surface area contributed by atoms with Gasteiger partial charge >= 0.3 is 0 Å². The smallest absolute Gasteiger partial charge is 0.137 e. The molecule has 2 nitrogen and oxygen atoms in total. The highest BCUT2D eigenvalue weighted by Gasteiger charge is 1.98. The number of fused-ring (bicyclic) bond motifs is 1. The van der Waals surface area contributed by atoms with Crippen molar-refractivity contribution in [3.8, 4) is 0 Å². The molecule has 0 aromatic carbocycles. The number of aromatic nitrogens is 1. The molecule has 14 heavy (non-hydrogen) atoms. The molecule has 2 rings (SSSR count). The van der Waals surface area contributed by atoms with Gasteiger partial charge in [-0.1, -0.05) is 27.7 Å². The minimum Gasteiger partial charge on any atom is -0.464 e. The van der Waals surface area contributed by atoms with Crippen molar-refractivity contribution in [2.24, 2.45) is 0 Å². The van der Waals surface area contributed by atoms with Gasteiger partial charge in [-0.05, 0) is 18.6 Å². The highest BCUT2D eigenvalue weighted by molar-refractivity contribution is 5.79. The second-order valence-electron chi connectivity index (χ2n) is 2.29. The van der Waals surface area contributed by atoms with E-state index < -0.39 is 0 Å². The number of pyridine rings is 1. The van der Waals surface area contributed by atoms with Gasteiger partial charge < -0.3 is 4.42 Å². The number of hydrogen-bond donors (Lipinski definition) is 0. The third-order valence-corrected chi connectivity index (χ3v) is 1.57. The van der Waals surface area contributed by atoms with Crippen LogP contribution in [-0.2, 0) is 0 Å². The van der Waals surface area contributed by atoms with Crippen LogP contribution in [0.4, 0.5) is 0 Å². The first-order valence-corrected chi connectivity index (χ1v) is 5.16. The fourth-order valence-corrected chi connectivity index (χ4v) is 0.996. The average molecular weight is 193 g/mol. The zero-order valence-corrected chi connectivity index (χ0v) is 9.66. The van der Waals surface area contributed by atoms with Gasteiger partial charge in [0, 0.05) is 17.8 Å². The fourth-order valence-electron chi connectivity index (χ4n) is 0.996. The number of nitrogens with zero attached hydrogens (tertiary/aromatic N) is 1. The largest absolute Gasteiger partial charge is 0.464 e. The maximum atomic E-state index is 5.21. The molecule has 2 heterocycles. The Balaban J connectivity index is 0.000000379. The lowest BCUT2D eigenvalue weighted by atomic mass is 10.2. The van der Waals surface area contributed by atoms with Crippen LogP contribution in [0, 0.1) is 6.92 Å². The van der Waals surface area contributed by atoms with E-state index in [2.05, 4.69) is 4.98 Å². The van der Waals surface area contributed by atoms with Crippen molar-refractivity contribution in [2.45, 2.75) is 34.6 Å². The molecule has 0 spiro atoms. The summed E-state index contributed by atoms with van der Waals surface area (Å²) in [5.74, 6) is 0. The molecule has 78 valence electrons. The van der Waals surface area contributed by atoms with Crippen LogP contribution in [-0.4, -0.2) is 4.98 Å². The highest BCUT2D eigenvalue weighted by atomic mass is 16.3. The lowest BCUT2D eigenvalue weighted by Crippen LogP contribution is -1.69. The number of aryl methyl sites for hydroxylation is 1. The topological polar surface area (TPSA) is 26.0 Å². The third-order valence-electron chi connectivity index (χ3n) is 1.57. The SMILES string of the molecule is CC.CC.Cc1coc2ccncc12. The molecule has 2 heteroatoms. The van der Waals surface area contributed by atoms with E-state index in [0.29, 0.717) is 0 Å². The molecule has 0 saturated heterocycles. The van der Waals surface area contributed by atoms with Crippen LogP contribution >= 0.6 is 0 Å². The van der Waals surface area contributed by atoms with Crippen molar-refractivity contribution in [1.82, 2.24) is 4.98 Å². The number of furan rings is 1. The van der Waals surface area contributed by atoms with Crippen LogP contribution in [0.2, 0.25) is 0 Å². The summed E-state index contributed by atoms with van der Waals surface area (Å²) < 4.78 is 5.21. The lowest BCUT2D eigenvalue weighted by molar-refractivity contribution is 0.613. The van der Waals surface area contributed by atoms with E-state index in [-0.39, 0.29) is 0 Å². The minimum absolute atomic E-state index is 0.910. The predicted molar refractivity (Wildman–Crippen MR) is 61.4 cm³/mol. The van der Waals surface area contributed by atoms with E-state index in [4.69, 9.17) is 4.42 Å². The molecule has 0 radical (unpaired) electrons. The molecule has 0 aliphatic rings. The molecule has 0 saturated carbocycles. The monoisotopic (exact) mass is 193 g/mol. The number of hydrogen-bond acceptors (Lipinski definition) is 2. The summed E-state index contributed by atoms with van der Waals surface area (Å²) in [5.41, 5.74) is 2.05. The summed E-state index contributed by atoms with van der Waals surface area (Å²) in [4.78, 5) is 3.99. The van der Waals surface area contributed by atoms with Gasteiger partial charge in [0.1, 0.15) is 5.58 Å². The molecule has 0 bridgehead atoms. The zero-order chi connectivity index (χ0) is 11.0. The van der Waals surface area contributed by atoms with E-state index in [9.17, 15) is 0 Å². The molecular formula is C12H19NO. The Hall–Kier alpha value is -1.31. The van der Waals surface area contributed by atoms with Crippen LogP contribution in [0.1, 0.15) is 33.3 Å². The molecule has 0 aliphatic carbocycles. The van der Waals surface area contributed by atoms with Crippen LogP contribution < -0.4 is 0 Å². The standard InChI is InChI=1S/C8H7NO.2C2H6/c1-6-5-10-8-2-3-9-4-7(6)8;2*1-2/h2-5H,1H3;2*1-2H3. The molecule has 0 aliphatic heterocycles. The van der Waals surface area contributed by atoms with E-state index in [0.717, 1.165) is 16.5 Å². The lowest BCUT2D eigenvalue weighted by Gasteiger charge is -1.84. The Morgan fingerprint density at radius 2 is 1.79 bits per heavy atom. The summed E-state index contributed by atoms with van der Waals surface area (Å²) in [6.45, 7) is 10.0. The van der Waals surface area contributed by atoms with E-state index in [1.165, 1.54) is 0 Å². The maximum Gasteiger partial charge on any atom is 0.137 e. The zero-order valence-electron chi connectivity index (χ0n) is 9.66. The first kappa shape index (κ1) is 12.7. The van der Waals surface area contributed by atoms with E-state index in [1.807, 2.05) is 46.9 Å². The van der Waals surface area contributed by atoms with Crippen molar-refractivity contribution in [3.63, 3.8) is 0 Å². The van der Waals surface area contributed by atoms with Crippen molar-refractivity contribution in [1.29, 1.82) is 0 Å². The Morgan fingerprint density at radius 1 is 1.14 bits per heavy atom. The first-order valence-electron chi connectivity index (χ1n) is 5.16. The minimum atomic E-state index is 0.910. The highest BCUT2D eigenvalue weighted by Crippen LogP contribution is 2.17. The molecule has 2 aromatic rings. The van der Waals surface area contributed by atoms with Crippen LogP contribution in [0.25, 0.3) is 11.0 Å². The Kier molecular flexibility index (Phi) is 6.46. The van der Waals surface area contributed by atoms with Crippen LogP contribution in [0.5, 0.6) is 0 Å². The predicted octanol–water partition coefficient (Wildman–Crippen LogP) is 4.19. The van der Waals surface area contributed by atoms with Crippen molar-refractivity contribution in [3.05, 3.63) is 30.3 Å².